The number of aliphatic carboxylic acids is 1. The highest BCUT2D eigenvalue weighted by molar-refractivity contribution is 5.87. The number of nitrogens with zero attached hydrogens (tertiary/aromatic N) is 1. The maximum absolute atomic E-state index is 12.3. The second kappa shape index (κ2) is 6.54. The number of rotatable bonds is 4. The fourth-order valence-electron chi connectivity index (χ4n) is 2.28. The van der Waals surface area contributed by atoms with Crippen molar-refractivity contribution in [3.63, 3.8) is 0 Å². The Morgan fingerprint density at radius 3 is 2.11 bits per heavy atom. The summed E-state index contributed by atoms with van der Waals surface area (Å²) in [4.78, 5) is 36.0. The van der Waals surface area contributed by atoms with E-state index >= 15 is 0 Å². The van der Waals surface area contributed by atoms with Crippen molar-refractivity contribution in [1.82, 2.24) is 10.2 Å². The van der Waals surface area contributed by atoms with Gasteiger partial charge in [0.05, 0.1) is 5.92 Å². The molecule has 1 rings (SSSR count). The summed E-state index contributed by atoms with van der Waals surface area (Å²) in [7, 11) is 0. The zero-order valence-electron chi connectivity index (χ0n) is 11.7. The van der Waals surface area contributed by atoms with E-state index in [-0.39, 0.29) is 23.7 Å². The van der Waals surface area contributed by atoms with Gasteiger partial charge in [-0.25, -0.2) is 0 Å². The molecule has 0 aromatic heterocycles. The third kappa shape index (κ3) is 4.22. The van der Waals surface area contributed by atoms with Crippen molar-refractivity contribution >= 4 is 17.8 Å². The third-order valence-electron chi connectivity index (χ3n) is 3.45. The van der Waals surface area contributed by atoms with E-state index in [1.807, 2.05) is 13.8 Å². The Labute approximate surface area is 113 Å². The molecule has 0 radical (unpaired) electrons. The Morgan fingerprint density at radius 1 is 1.21 bits per heavy atom. The maximum Gasteiger partial charge on any atom is 0.306 e. The number of hydrogen-bond acceptors (Lipinski definition) is 3. The summed E-state index contributed by atoms with van der Waals surface area (Å²) >= 11 is 0. The Kier molecular flexibility index (Phi) is 5.32. The molecule has 0 bridgehead atoms. The number of nitrogens with one attached hydrogen (secondary N) is 1. The van der Waals surface area contributed by atoms with Crippen LogP contribution in [0.25, 0.3) is 0 Å². The number of hydrogen-bond donors (Lipinski definition) is 2. The number of likely N-dealkylation sites (tertiary alicyclic amines) is 1. The quantitative estimate of drug-likeness (QED) is 0.777. The predicted octanol–water partition coefficient (Wildman–Crippen LogP) is 0.470. The molecule has 6 heteroatoms. The van der Waals surface area contributed by atoms with Crippen LogP contribution in [-0.2, 0) is 14.4 Å². The Bertz CT molecular complexity index is 360. The van der Waals surface area contributed by atoms with E-state index in [1.165, 1.54) is 6.92 Å². The standard InChI is InChI=1S/C13H22N2O4/c1-8(2)11(14-9(3)16)12(17)15-6-4-10(5-7-15)13(18)19/h8,10-11H,4-7H2,1-3H3,(H,14,16)(H,18,19). The lowest BCUT2D eigenvalue weighted by Crippen LogP contribution is -2.52. The van der Waals surface area contributed by atoms with Crippen LogP contribution >= 0.6 is 0 Å². The van der Waals surface area contributed by atoms with Crippen molar-refractivity contribution in [3.8, 4) is 0 Å². The minimum absolute atomic E-state index is 0.00796. The SMILES string of the molecule is CC(=O)NC(C(=O)N1CCC(C(=O)O)CC1)C(C)C. The van der Waals surface area contributed by atoms with E-state index in [0.29, 0.717) is 25.9 Å². The summed E-state index contributed by atoms with van der Waals surface area (Å²) < 4.78 is 0. The smallest absolute Gasteiger partial charge is 0.306 e. The van der Waals surface area contributed by atoms with Crippen molar-refractivity contribution in [2.45, 2.75) is 39.7 Å². The first kappa shape index (κ1) is 15.5. The number of carboxylic acid groups (broad SMARTS) is 1. The van der Waals surface area contributed by atoms with Gasteiger partial charge in [-0.1, -0.05) is 13.8 Å². The molecule has 1 fully saturated rings. The van der Waals surface area contributed by atoms with Gasteiger partial charge in [0.1, 0.15) is 6.04 Å². The molecule has 2 N–H and O–H groups in total. The van der Waals surface area contributed by atoms with Crippen LogP contribution in [-0.4, -0.2) is 46.9 Å². The molecule has 0 saturated carbocycles. The van der Waals surface area contributed by atoms with Crippen LogP contribution in [0, 0.1) is 11.8 Å². The van der Waals surface area contributed by atoms with E-state index in [9.17, 15) is 14.4 Å². The van der Waals surface area contributed by atoms with Gasteiger partial charge in [0.15, 0.2) is 0 Å². The molecule has 0 spiro atoms. The lowest BCUT2D eigenvalue weighted by atomic mass is 9.95. The topological polar surface area (TPSA) is 86.7 Å². The molecule has 0 aromatic rings. The molecule has 108 valence electrons. The molecular weight excluding hydrogens is 248 g/mol. The van der Waals surface area contributed by atoms with Gasteiger partial charge < -0.3 is 15.3 Å². The molecule has 1 aliphatic rings. The van der Waals surface area contributed by atoms with Gasteiger partial charge in [-0.05, 0) is 18.8 Å². The van der Waals surface area contributed by atoms with Gasteiger partial charge in [0, 0.05) is 20.0 Å². The highest BCUT2D eigenvalue weighted by Gasteiger charge is 2.32. The average Bonchev–Trinajstić information content (AvgIpc) is 2.34. The van der Waals surface area contributed by atoms with Crippen LogP contribution in [0.3, 0.4) is 0 Å². The molecule has 1 unspecified atom stereocenters. The van der Waals surface area contributed by atoms with Gasteiger partial charge >= 0.3 is 5.97 Å². The molecule has 19 heavy (non-hydrogen) atoms. The normalized spacial score (nSPS) is 18.2. The Balaban J connectivity index is 2.61. The van der Waals surface area contributed by atoms with Gasteiger partial charge in [0.2, 0.25) is 11.8 Å². The number of carbonyl (C=O) groups excluding carboxylic acids is 2. The second-order valence-corrected chi connectivity index (χ2v) is 5.36. The summed E-state index contributed by atoms with van der Waals surface area (Å²) in [5.41, 5.74) is 0. The van der Waals surface area contributed by atoms with E-state index in [4.69, 9.17) is 5.11 Å². The summed E-state index contributed by atoms with van der Waals surface area (Å²) in [5.74, 6) is -1.49. The highest BCUT2D eigenvalue weighted by Crippen LogP contribution is 2.19. The first-order valence-corrected chi connectivity index (χ1v) is 6.61. The van der Waals surface area contributed by atoms with Crippen LogP contribution < -0.4 is 5.32 Å². The zero-order valence-corrected chi connectivity index (χ0v) is 11.7. The maximum atomic E-state index is 12.3. The first-order chi connectivity index (χ1) is 8.82. The number of piperidine rings is 1. The van der Waals surface area contributed by atoms with Crippen LogP contribution in [0.5, 0.6) is 0 Å². The molecule has 1 aliphatic heterocycles. The van der Waals surface area contributed by atoms with E-state index in [0.717, 1.165) is 0 Å². The van der Waals surface area contributed by atoms with Crippen molar-refractivity contribution in [2.75, 3.05) is 13.1 Å². The van der Waals surface area contributed by atoms with Gasteiger partial charge in [-0.3, -0.25) is 14.4 Å². The van der Waals surface area contributed by atoms with Crippen LogP contribution in [0.4, 0.5) is 0 Å². The highest BCUT2D eigenvalue weighted by atomic mass is 16.4. The molecule has 6 nitrogen and oxygen atoms in total. The molecule has 0 aromatic carbocycles. The number of carbonyl (C=O) groups is 3. The van der Waals surface area contributed by atoms with Crippen molar-refractivity contribution in [3.05, 3.63) is 0 Å². The average molecular weight is 270 g/mol. The number of amides is 2. The second-order valence-electron chi connectivity index (χ2n) is 5.36. The fourth-order valence-corrected chi connectivity index (χ4v) is 2.28. The molecule has 1 heterocycles. The van der Waals surface area contributed by atoms with Gasteiger partial charge in [-0.15, -0.1) is 0 Å². The van der Waals surface area contributed by atoms with Crippen molar-refractivity contribution in [2.24, 2.45) is 11.8 Å². The lowest BCUT2D eigenvalue weighted by Gasteiger charge is -2.34. The van der Waals surface area contributed by atoms with Gasteiger partial charge in [0.25, 0.3) is 0 Å². The predicted molar refractivity (Wildman–Crippen MR) is 69.4 cm³/mol. The lowest BCUT2D eigenvalue weighted by molar-refractivity contribution is -0.146. The Hall–Kier alpha value is -1.59. The van der Waals surface area contributed by atoms with E-state index in [1.54, 1.807) is 4.90 Å². The molecule has 2 amide bonds. The summed E-state index contributed by atoms with van der Waals surface area (Å²) in [6.45, 7) is 6.03. The summed E-state index contributed by atoms with van der Waals surface area (Å²) in [5, 5.41) is 11.6. The minimum atomic E-state index is -0.797. The monoisotopic (exact) mass is 270 g/mol. The van der Waals surface area contributed by atoms with Crippen molar-refractivity contribution in [1.29, 1.82) is 0 Å². The van der Waals surface area contributed by atoms with Crippen LogP contribution in [0.2, 0.25) is 0 Å². The van der Waals surface area contributed by atoms with Crippen LogP contribution in [0.1, 0.15) is 33.6 Å². The molecule has 1 atom stereocenters. The zero-order chi connectivity index (χ0) is 14.6. The fraction of sp³-hybridized carbons (Fsp3) is 0.769. The largest absolute Gasteiger partial charge is 0.481 e. The molecular formula is C13H22N2O4. The van der Waals surface area contributed by atoms with Crippen LogP contribution in [0.15, 0.2) is 0 Å². The third-order valence-corrected chi connectivity index (χ3v) is 3.45. The van der Waals surface area contributed by atoms with E-state index < -0.39 is 12.0 Å². The van der Waals surface area contributed by atoms with Gasteiger partial charge in [-0.2, -0.15) is 0 Å². The Morgan fingerprint density at radius 2 is 1.74 bits per heavy atom. The minimum Gasteiger partial charge on any atom is -0.481 e. The molecule has 0 aliphatic carbocycles. The number of carboxylic acids is 1. The summed E-state index contributed by atoms with van der Waals surface area (Å²) in [6, 6.07) is -0.529. The summed E-state index contributed by atoms with van der Waals surface area (Å²) in [6.07, 6.45) is 0.956. The van der Waals surface area contributed by atoms with E-state index in [2.05, 4.69) is 5.32 Å². The van der Waals surface area contributed by atoms with Crippen molar-refractivity contribution < 1.29 is 19.5 Å². The molecule has 1 saturated heterocycles. The first-order valence-electron chi connectivity index (χ1n) is 6.61.